The first-order chi connectivity index (χ1) is 15.3. The van der Waals surface area contributed by atoms with Gasteiger partial charge in [-0.25, -0.2) is 0 Å². The zero-order valence-electron chi connectivity index (χ0n) is 20.9. The fourth-order valence-electron chi connectivity index (χ4n) is 4.59. The summed E-state index contributed by atoms with van der Waals surface area (Å²) in [6.45, 7) is 17.6. The standard InChI is InChI=1S/C28H38N4.Cu/c1-20-15-22(3)27(23(4)16-20)30-11-13-32(19-26-9-7-8-10-29-26)14-12-31-28-24(5)17-21(2)18-25(28)6;/h7-10,15-18,30-31H,11-14,19H2,1-6H3;. The third-order valence-electron chi connectivity index (χ3n) is 5.93. The minimum absolute atomic E-state index is 0. The molecule has 3 rings (SSSR count). The van der Waals surface area contributed by atoms with Crippen molar-refractivity contribution in [2.45, 2.75) is 48.1 Å². The first-order valence-electron chi connectivity index (χ1n) is 11.6. The molecule has 0 unspecified atom stereocenters. The second kappa shape index (κ2) is 12.8. The van der Waals surface area contributed by atoms with Crippen LogP contribution in [0.5, 0.6) is 0 Å². The molecule has 181 valence electrons. The van der Waals surface area contributed by atoms with Gasteiger partial charge in [-0.3, -0.25) is 9.88 Å². The predicted octanol–water partition coefficient (Wildman–Crippen LogP) is 5.96. The van der Waals surface area contributed by atoms with Crippen LogP contribution in [0.1, 0.15) is 39.1 Å². The molecule has 4 nitrogen and oxygen atoms in total. The molecule has 1 aromatic heterocycles. The van der Waals surface area contributed by atoms with Crippen molar-refractivity contribution >= 4 is 11.4 Å². The predicted molar refractivity (Wildman–Crippen MR) is 138 cm³/mol. The van der Waals surface area contributed by atoms with Crippen LogP contribution in [0, 0.1) is 41.5 Å². The zero-order chi connectivity index (χ0) is 23.1. The molecule has 0 aliphatic heterocycles. The summed E-state index contributed by atoms with van der Waals surface area (Å²) in [4.78, 5) is 7.02. The van der Waals surface area contributed by atoms with Crippen LogP contribution in [0.15, 0.2) is 48.7 Å². The van der Waals surface area contributed by atoms with Crippen LogP contribution in [-0.4, -0.2) is 36.1 Å². The number of pyridine rings is 1. The Morgan fingerprint density at radius 1 is 0.697 bits per heavy atom. The Balaban J connectivity index is 0.00000385. The Bertz CT molecular complexity index is 924. The Hall–Kier alpha value is -2.33. The summed E-state index contributed by atoms with van der Waals surface area (Å²) in [6.07, 6.45) is 1.88. The van der Waals surface area contributed by atoms with Crippen molar-refractivity contribution < 1.29 is 17.1 Å². The molecule has 0 aliphatic carbocycles. The number of nitrogens with one attached hydrogen (secondary N) is 2. The van der Waals surface area contributed by atoms with E-state index in [-0.39, 0.29) is 17.1 Å². The Kier molecular flexibility index (Phi) is 10.4. The van der Waals surface area contributed by atoms with Gasteiger partial charge in [0.15, 0.2) is 0 Å². The van der Waals surface area contributed by atoms with E-state index in [1.54, 1.807) is 0 Å². The summed E-state index contributed by atoms with van der Waals surface area (Å²) >= 11 is 0. The molecule has 0 atom stereocenters. The van der Waals surface area contributed by atoms with E-state index in [1.165, 1.54) is 44.8 Å². The first-order valence-corrected chi connectivity index (χ1v) is 11.6. The second-order valence-electron chi connectivity index (χ2n) is 9.00. The van der Waals surface area contributed by atoms with Gasteiger partial charge in [0.25, 0.3) is 0 Å². The number of hydrogen-bond acceptors (Lipinski definition) is 4. The summed E-state index contributed by atoms with van der Waals surface area (Å²) in [5, 5.41) is 7.35. The topological polar surface area (TPSA) is 40.2 Å². The third kappa shape index (κ3) is 7.89. The molecule has 0 aliphatic rings. The second-order valence-corrected chi connectivity index (χ2v) is 9.00. The van der Waals surface area contributed by atoms with Crippen LogP contribution in [0.3, 0.4) is 0 Å². The molecule has 3 aromatic rings. The summed E-state index contributed by atoms with van der Waals surface area (Å²) in [5.41, 5.74) is 11.5. The summed E-state index contributed by atoms with van der Waals surface area (Å²) in [6, 6.07) is 15.1. The van der Waals surface area contributed by atoms with Gasteiger partial charge in [0.1, 0.15) is 0 Å². The summed E-state index contributed by atoms with van der Waals surface area (Å²) in [7, 11) is 0. The van der Waals surface area contributed by atoms with Crippen LogP contribution in [0.4, 0.5) is 11.4 Å². The molecule has 0 bridgehead atoms. The monoisotopic (exact) mass is 493 g/mol. The van der Waals surface area contributed by atoms with Crippen LogP contribution < -0.4 is 10.6 Å². The van der Waals surface area contributed by atoms with E-state index in [1.807, 2.05) is 12.3 Å². The fraction of sp³-hybridized carbons (Fsp3) is 0.393. The van der Waals surface area contributed by atoms with Crippen molar-refractivity contribution in [1.29, 1.82) is 0 Å². The number of aryl methyl sites for hydroxylation is 6. The van der Waals surface area contributed by atoms with Gasteiger partial charge in [-0.15, -0.1) is 0 Å². The van der Waals surface area contributed by atoms with E-state index < -0.39 is 0 Å². The Morgan fingerprint density at radius 2 is 1.15 bits per heavy atom. The van der Waals surface area contributed by atoms with Gasteiger partial charge < -0.3 is 10.6 Å². The summed E-state index contributed by atoms with van der Waals surface area (Å²) in [5.74, 6) is 0. The number of nitrogens with zero attached hydrogens (tertiary/aromatic N) is 2. The van der Waals surface area contributed by atoms with E-state index >= 15 is 0 Å². The zero-order valence-corrected chi connectivity index (χ0v) is 21.8. The quantitative estimate of drug-likeness (QED) is 0.342. The molecule has 0 spiro atoms. The van der Waals surface area contributed by atoms with Gasteiger partial charge in [0.2, 0.25) is 0 Å². The molecular formula is C28H38CuN4. The van der Waals surface area contributed by atoms with Crippen LogP contribution in [0.25, 0.3) is 0 Å². The number of benzene rings is 2. The van der Waals surface area contributed by atoms with E-state index in [2.05, 4.69) is 98.5 Å². The van der Waals surface area contributed by atoms with E-state index in [9.17, 15) is 0 Å². The molecule has 0 saturated carbocycles. The van der Waals surface area contributed by atoms with Crippen molar-refractivity contribution in [3.8, 4) is 0 Å². The third-order valence-corrected chi connectivity index (χ3v) is 5.93. The molecule has 2 N–H and O–H groups in total. The van der Waals surface area contributed by atoms with E-state index in [4.69, 9.17) is 0 Å². The molecule has 0 saturated heterocycles. The van der Waals surface area contributed by atoms with Crippen molar-refractivity contribution in [2.24, 2.45) is 0 Å². The molecule has 1 heterocycles. The maximum atomic E-state index is 4.54. The molecule has 33 heavy (non-hydrogen) atoms. The maximum absolute atomic E-state index is 4.54. The smallest absolute Gasteiger partial charge is 0.0543 e. The molecule has 1 radical (unpaired) electrons. The SMILES string of the molecule is Cc1cc(C)c(NCCN(CCNc2c(C)cc(C)cc2C)Cc2ccccn2)c(C)c1.[Cu]. The number of aromatic nitrogens is 1. The largest absolute Gasteiger partial charge is 0.383 e. The molecule has 0 amide bonds. The Labute approximate surface area is 210 Å². The van der Waals surface area contributed by atoms with Gasteiger partial charge >= 0.3 is 0 Å². The molecule has 5 heteroatoms. The molecular weight excluding hydrogens is 456 g/mol. The van der Waals surface area contributed by atoms with Crippen LogP contribution >= 0.6 is 0 Å². The normalized spacial score (nSPS) is 10.8. The first kappa shape index (κ1) is 26.9. The molecule has 0 fully saturated rings. The van der Waals surface area contributed by atoms with Gasteiger partial charge in [0.05, 0.1) is 5.69 Å². The van der Waals surface area contributed by atoms with Gasteiger partial charge in [0, 0.05) is 67.4 Å². The van der Waals surface area contributed by atoms with E-state index in [0.29, 0.717) is 0 Å². The minimum Gasteiger partial charge on any atom is -0.383 e. The van der Waals surface area contributed by atoms with E-state index in [0.717, 1.165) is 38.4 Å². The van der Waals surface area contributed by atoms with Crippen molar-refractivity contribution in [2.75, 3.05) is 36.8 Å². The number of rotatable bonds is 10. The fourth-order valence-corrected chi connectivity index (χ4v) is 4.59. The van der Waals surface area contributed by atoms with Gasteiger partial charge in [-0.05, 0) is 75.9 Å². The molecule has 2 aromatic carbocycles. The number of anilines is 2. The van der Waals surface area contributed by atoms with Crippen molar-refractivity contribution in [1.82, 2.24) is 9.88 Å². The summed E-state index contributed by atoms with van der Waals surface area (Å²) < 4.78 is 0. The van der Waals surface area contributed by atoms with Gasteiger partial charge in [-0.1, -0.05) is 41.5 Å². The van der Waals surface area contributed by atoms with Gasteiger partial charge in [-0.2, -0.15) is 0 Å². The average molecular weight is 494 g/mol. The minimum atomic E-state index is 0. The van der Waals surface area contributed by atoms with Crippen LogP contribution in [-0.2, 0) is 23.6 Å². The maximum Gasteiger partial charge on any atom is 0.0543 e. The Morgan fingerprint density at radius 3 is 1.55 bits per heavy atom. The average Bonchev–Trinajstić information content (AvgIpc) is 2.72. The van der Waals surface area contributed by atoms with Crippen LogP contribution in [0.2, 0.25) is 0 Å². The number of hydrogen-bond donors (Lipinski definition) is 2. The van der Waals surface area contributed by atoms with Crippen molar-refractivity contribution in [3.63, 3.8) is 0 Å². The van der Waals surface area contributed by atoms with Crippen molar-refractivity contribution in [3.05, 3.63) is 87.7 Å².